The first-order valence-corrected chi connectivity index (χ1v) is 5.50. The molecule has 1 rings (SSSR count). The third-order valence-electron chi connectivity index (χ3n) is 2.17. The zero-order valence-corrected chi connectivity index (χ0v) is 9.32. The molecule has 0 saturated heterocycles. The van der Waals surface area contributed by atoms with Crippen molar-refractivity contribution in [2.75, 3.05) is 7.05 Å². The van der Waals surface area contributed by atoms with Crippen LogP contribution in [0, 0.1) is 6.92 Å². The molecule has 1 heterocycles. The number of hydrogen-bond donors (Lipinski definition) is 2. The highest BCUT2D eigenvalue weighted by atomic mass is 32.1. The van der Waals surface area contributed by atoms with Crippen LogP contribution in [0.2, 0.25) is 0 Å². The Bertz CT molecular complexity index is 255. The van der Waals surface area contributed by atoms with E-state index in [4.69, 9.17) is 5.73 Å². The second-order valence-corrected chi connectivity index (χ2v) is 4.47. The lowest BCUT2D eigenvalue weighted by Crippen LogP contribution is -2.25. The van der Waals surface area contributed by atoms with Crippen LogP contribution in [0.5, 0.6) is 0 Å². The zero-order chi connectivity index (χ0) is 9.84. The van der Waals surface area contributed by atoms with E-state index in [1.807, 2.05) is 14.0 Å². The summed E-state index contributed by atoms with van der Waals surface area (Å²) in [6.45, 7) is 4.20. The number of thiophene rings is 1. The summed E-state index contributed by atoms with van der Waals surface area (Å²) in [5.74, 6) is 0. The Kier molecular flexibility index (Phi) is 3.90. The number of hydrogen-bond acceptors (Lipinski definition) is 3. The molecule has 74 valence electrons. The molecule has 0 aliphatic rings. The van der Waals surface area contributed by atoms with Gasteiger partial charge in [-0.15, -0.1) is 11.3 Å². The van der Waals surface area contributed by atoms with E-state index in [-0.39, 0.29) is 6.04 Å². The first-order valence-electron chi connectivity index (χ1n) is 4.62. The molecule has 0 bridgehead atoms. The summed E-state index contributed by atoms with van der Waals surface area (Å²) < 4.78 is 0. The summed E-state index contributed by atoms with van der Waals surface area (Å²) in [5, 5.41) is 5.44. The van der Waals surface area contributed by atoms with E-state index < -0.39 is 0 Å². The predicted molar refractivity (Wildman–Crippen MR) is 59.1 cm³/mol. The lowest BCUT2D eigenvalue weighted by molar-refractivity contribution is 0.504. The highest BCUT2D eigenvalue weighted by molar-refractivity contribution is 7.10. The molecule has 0 radical (unpaired) electrons. The fourth-order valence-corrected chi connectivity index (χ4v) is 2.52. The molecule has 1 aromatic heterocycles. The molecule has 0 amide bonds. The minimum atomic E-state index is 0.249. The smallest absolute Gasteiger partial charge is 0.0429 e. The fraction of sp³-hybridized carbons (Fsp3) is 0.600. The minimum Gasteiger partial charge on any atom is -0.328 e. The molecule has 2 nitrogen and oxygen atoms in total. The van der Waals surface area contributed by atoms with E-state index in [9.17, 15) is 0 Å². The summed E-state index contributed by atoms with van der Waals surface area (Å²) in [6, 6.07) is 2.82. The van der Waals surface area contributed by atoms with Crippen molar-refractivity contribution < 1.29 is 0 Å². The van der Waals surface area contributed by atoms with Crippen molar-refractivity contribution in [3.63, 3.8) is 0 Å². The van der Waals surface area contributed by atoms with Crippen LogP contribution >= 0.6 is 11.3 Å². The number of aryl methyl sites for hydroxylation is 1. The first-order chi connectivity index (χ1) is 6.15. The SMILES string of the molecule is CNC(CC(C)N)c1sccc1C. The van der Waals surface area contributed by atoms with Gasteiger partial charge < -0.3 is 11.1 Å². The van der Waals surface area contributed by atoms with Crippen molar-refractivity contribution in [2.45, 2.75) is 32.4 Å². The summed E-state index contributed by atoms with van der Waals surface area (Å²) in [7, 11) is 1.99. The highest BCUT2D eigenvalue weighted by Gasteiger charge is 2.14. The summed E-state index contributed by atoms with van der Waals surface area (Å²) in [4.78, 5) is 1.42. The summed E-state index contributed by atoms with van der Waals surface area (Å²) in [6.07, 6.45) is 0.998. The van der Waals surface area contributed by atoms with Gasteiger partial charge in [-0.1, -0.05) is 0 Å². The zero-order valence-electron chi connectivity index (χ0n) is 8.50. The molecule has 0 aliphatic carbocycles. The first kappa shape index (κ1) is 10.7. The molecule has 13 heavy (non-hydrogen) atoms. The van der Waals surface area contributed by atoms with Crippen LogP contribution in [-0.2, 0) is 0 Å². The van der Waals surface area contributed by atoms with Crippen LogP contribution in [0.3, 0.4) is 0 Å². The van der Waals surface area contributed by atoms with Crippen molar-refractivity contribution in [1.29, 1.82) is 0 Å². The Labute approximate surface area is 84.2 Å². The van der Waals surface area contributed by atoms with Crippen molar-refractivity contribution in [1.82, 2.24) is 5.32 Å². The molecular formula is C10H18N2S. The monoisotopic (exact) mass is 198 g/mol. The molecule has 0 aliphatic heterocycles. The van der Waals surface area contributed by atoms with Gasteiger partial charge in [-0.25, -0.2) is 0 Å². The van der Waals surface area contributed by atoms with Gasteiger partial charge in [0.2, 0.25) is 0 Å². The average molecular weight is 198 g/mol. The summed E-state index contributed by atoms with van der Waals surface area (Å²) >= 11 is 1.81. The van der Waals surface area contributed by atoms with E-state index in [1.54, 1.807) is 11.3 Å². The average Bonchev–Trinajstić information content (AvgIpc) is 2.47. The summed E-state index contributed by atoms with van der Waals surface area (Å²) in [5.41, 5.74) is 7.16. The third-order valence-corrected chi connectivity index (χ3v) is 3.31. The Morgan fingerprint density at radius 3 is 2.69 bits per heavy atom. The Balaban J connectivity index is 2.72. The molecule has 2 atom stereocenters. The normalized spacial score (nSPS) is 15.7. The lowest BCUT2D eigenvalue weighted by Gasteiger charge is -2.17. The van der Waals surface area contributed by atoms with Gasteiger partial charge in [0.05, 0.1) is 0 Å². The Morgan fingerprint density at radius 2 is 2.31 bits per heavy atom. The van der Waals surface area contributed by atoms with Crippen LogP contribution in [0.4, 0.5) is 0 Å². The molecule has 0 fully saturated rings. The van der Waals surface area contributed by atoms with E-state index in [2.05, 4.69) is 23.7 Å². The molecule has 1 aromatic rings. The largest absolute Gasteiger partial charge is 0.328 e. The van der Waals surface area contributed by atoms with E-state index >= 15 is 0 Å². The van der Waals surface area contributed by atoms with Gasteiger partial charge in [-0.3, -0.25) is 0 Å². The molecule has 0 spiro atoms. The van der Waals surface area contributed by atoms with Crippen molar-refractivity contribution in [3.8, 4) is 0 Å². The van der Waals surface area contributed by atoms with E-state index in [0.29, 0.717) is 6.04 Å². The standard InChI is InChI=1S/C10H18N2S/c1-7-4-5-13-10(7)9(12-3)6-8(2)11/h4-5,8-9,12H,6,11H2,1-3H3. The highest BCUT2D eigenvalue weighted by Crippen LogP contribution is 2.26. The quantitative estimate of drug-likeness (QED) is 0.777. The number of nitrogens with one attached hydrogen (secondary N) is 1. The number of rotatable bonds is 4. The maximum absolute atomic E-state index is 5.79. The predicted octanol–water partition coefficient (Wildman–Crippen LogP) is 2.05. The Hall–Kier alpha value is -0.380. The molecular weight excluding hydrogens is 180 g/mol. The van der Waals surface area contributed by atoms with Crippen LogP contribution < -0.4 is 11.1 Å². The van der Waals surface area contributed by atoms with Gasteiger partial charge in [0.1, 0.15) is 0 Å². The van der Waals surface area contributed by atoms with Crippen molar-refractivity contribution in [3.05, 3.63) is 21.9 Å². The third kappa shape index (κ3) is 2.79. The molecule has 3 N–H and O–H groups in total. The Morgan fingerprint density at radius 1 is 1.62 bits per heavy atom. The van der Waals surface area contributed by atoms with Crippen LogP contribution in [0.15, 0.2) is 11.4 Å². The topological polar surface area (TPSA) is 38.0 Å². The van der Waals surface area contributed by atoms with E-state index in [0.717, 1.165) is 6.42 Å². The molecule has 0 saturated carbocycles. The van der Waals surface area contributed by atoms with Gasteiger partial charge in [0.25, 0.3) is 0 Å². The maximum atomic E-state index is 5.79. The second-order valence-electron chi connectivity index (χ2n) is 3.52. The second kappa shape index (κ2) is 4.74. The van der Waals surface area contributed by atoms with Gasteiger partial charge in [-0.2, -0.15) is 0 Å². The minimum absolute atomic E-state index is 0.249. The lowest BCUT2D eigenvalue weighted by atomic mass is 10.1. The van der Waals surface area contributed by atoms with Crippen molar-refractivity contribution in [2.24, 2.45) is 5.73 Å². The number of nitrogens with two attached hydrogens (primary N) is 1. The van der Waals surface area contributed by atoms with Gasteiger partial charge >= 0.3 is 0 Å². The van der Waals surface area contributed by atoms with Crippen LogP contribution in [0.1, 0.15) is 29.8 Å². The van der Waals surface area contributed by atoms with Crippen LogP contribution in [-0.4, -0.2) is 13.1 Å². The van der Waals surface area contributed by atoms with Gasteiger partial charge in [0.15, 0.2) is 0 Å². The van der Waals surface area contributed by atoms with Gasteiger partial charge in [0, 0.05) is 17.0 Å². The van der Waals surface area contributed by atoms with Crippen molar-refractivity contribution >= 4 is 11.3 Å². The van der Waals surface area contributed by atoms with E-state index in [1.165, 1.54) is 10.4 Å². The fourth-order valence-electron chi connectivity index (χ4n) is 1.47. The molecule has 3 heteroatoms. The van der Waals surface area contributed by atoms with Crippen LogP contribution in [0.25, 0.3) is 0 Å². The maximum Gasteiger partial charge on any atom is 0.0429 e. The molecule has 0 aromatic carbocycles. The molecule has 2 unspecified atom stereocenters. The van der Waals surface area contributed by atoms with Gasteiger partial charge in [-0.05, 0) is 44.3 Å².